The summed E-state index contributed by atoms with van der Waals surface area (Å²) in [5.41, 5.74) is 1.57. The van der Waals surface area contributed by atoms with Gasteiger partial charge in [-0.25, -0.2) is 0 Å². The zero-order chi connectivity index (χ0) is 17.4. The molecule has 3 aliphatic rings. The van der Waals surface area contributed by atoms with Crippen LogP contribution in [0.4, 0.5) is 0 Å². The number of allylic oxidation sites excluding steroid dienone is 2. The normalized spacial score (nSPS) is 33.2. The number of carbonyl (C=O) groups excluding carboxylic acids is 1. The first-order chi connectivity index (χ1) is 11.7. The zero-order valence-corrected chi connectivity index (χ0v) is 14.8. The Hall–Kier alpha value is -0.910. The summed E-state index contributed by atoms with van der Waals surface area (Å²) in [5.74, 6) is 1.92. The highest BCUT2D eigenvalue weighted by molar-refractivity contribution is 5.69. The van der Waals surface area contributed by atoms with Crippen molar-refractivity contribution in [1.82, 2.24) is 0 Å². The van der Waals surface area contributed by atoms with Crippen molar-refractivity contribution in [2.24, 2.45) is 17.8 Å². The number of fused-ring (bicyclic) bond motifs is 1. The van der Waals surface area contributed by atoms with Crippen LogP contribution in [0.1, 0.15) is 57.8 Å². The molecule has 3 unspecified atom stereocenters. The molecular formula is C19H32O5. The first-order valence-corrected chi connectivity index (χ1v) is 9.32. The second-order valence-corrected chi connectivity index (χ2v) is 7.06. The molecule has 0 aromatic heterocycles. The van der Waals surface area contributed by atoms with Crippen molar-refractivity contribution < 1.29 is 24.5 Å². The monoisotopic (exact) mass is 340 g/mol. The van der Waals surface area contributed by atoms with Crippen molar-refractivity contribution in [3.63, 3.8) is 0 Å². The van der Waals surface area contributed by atoms with Crippen molar-refractivity contribution in [3.05, 3.63) is 11.6 Å². The number of ether oxygens (including phenoxy) is 2. The highest BCUT2D eigenvalue weighted by Crippen LogP contribution is 2.53. The van der Waals surface area contributed by atoms with E-state index in [4.69, 9.17) is 9.84 Å². The van der Waals surface area contributed by atoms with Gasteiger partial charge in [-0.3, -0.25) is 4.79 Å². The van der Waals surface area contributed by atoms with E-state index >= 15 is 0 Å². The molecule has 5 nitrogen and oxygen atoms in total. The van der Waals surface area contributed by atoms with Crippen LogP contribution in [0.15, 0.2) is 11.6 Å². The summed E-state index contributed by atoms with van der Waals surface area (Å²) in [4.78, 5) is 10.9. The maximum atomic E-state index is 10.9. The Morgan fingerprint density at radius 3 is 2.75 bits per heavy atom. The largest absolute Gasteiger partial charge is 0.469 e. The molecule has 1 saturated heterocycles. The molecule has 0 radical (unpaired) electrons. The molecule has 2 saturated carbocycles. The highest BCUT2D eigenvalue weighted by atomic mass is 16.6. The average Bonchev–Trinajstić information content (AvgIpc) is 2.91. The smallest absolute Gasteiger partial charge is 0.305 e. The minimum absolute atomic E-state index is 0.115. The number of methoxy groups -OCH3 is 1. The van der Waals surface area contributed by atoms with Crippen LogP contribution in [0.25, 0.3) is 0 Å². The number of carbonyl (C=O) groups is 1. The Bertz CT molecular complexity index is 414. The molecule has 0 spiro atoms. The van der Waals surface area contributed by atoms with Crippen LogP contribution < -0.4 is 0 Å². The van der Waals surface area contributed by atoms with E-state index in [0.29, 0.717) is 18.9 Å². The molecule has 3 fully saturated rings. The van der Waals surface area contributed by atoms with Gasteiger partial charge in [0.25, 0.3) is 0 Å². The topological polar surface area (TPSA) is 76.0 Å². The fourth-order valence-corrected chi connectivity index (χ4v) is 4.00. The molecule has 0 amide bonds. The zero-order valence-electron chi connectivity index (χ0n) is 14.8. The summed E-state index contributed by atoms with van der Waals surface area (Å²) in [6.45, 7) is 1.10. The minimum Gasteiger partial charge on any atom is -0.469 e. The van der Waals surface area contributed by atoms with Crippen LogP contribution in [-0.2, 0) is 14.3 Å². The first kappa shape index (κ1) is 19.4. The standard InChI is InChI=1S/C14H22O3.C5H10O2/c1-17-14(16)5-3-2-4-10-8-13-11(9-15)6-7-12(10)13;6-5-3-1-2-4-7-5/h4,11-13,15H,2-3,5-9H2,1H3;5-6H,1-4H2/b10-4-;/t11?,12?,13-;/m1./s1. The molecule has 24 heavy (non-hydrogen) atoms. The van der Waals surface area contributed by atoms with Gasteiger partial charge < -0.3 is 19.7 Å². The Labute approximate surface area is 145 Å². The number of aliphatic hydroxyl groups excluding tert-OH is 2. The third kappa shape index (κ3) is 5.57. The Morgan fingerprint density at radius 1 is 1.33 bits per heavy atom. The van der Waals surface area contributed by atoms with Crippen LogP contribution in [-0.4, -0.2) is 42.8 Å². The van der Waals surface area contributed by atoms with Gasteiger partial charge in [-0.1, -0.05) is 11.6 Å². The summed E-state index contributed by atoms with van der Waals surface area (Å²) in [6, 6.07) is 0. The van der Waals surface area contributed by atoms with Crippen LogP contribution >= 0.6 is 0 Å². The summed E-state index contributed by atoms with van der Waals surface area (Å²) < 4.78 is 9.44. The summed E-state index contributed by atoms with van der Waals surface area (Å²) in [6.07, 6.45) is 10.9. The van der Waals surface area contributed by atoms with E-state index in [9.17, 15) is 9.90 Å². The number of unbranched alkanes of at least 4 members (excludes halogenated alkanes) is 1. The van der Waals surface area contributed by atoms with Gasteiger partial charge in [0, 0.05) is 19.6 Å². The minimum atomic E-state index is -0.464. The number of esters is 1. The Balaban J connectivity index is 0.000000249. The third-order valence-corrected chi connectivity index (χ3v) is 5.53. The van der Waals surface area contributed by atoms with Crippen LogP contribution in [0.2, 0.25) is 0 Å². The van der Waals surface area contributed by atoms with E-state index in [2.05, 4.69) is 10.8 Å². The van der Waals surface area contributed by atoms with Crippen LogP contribution in [0.5, 0.6) is 0 Å². The lowest BCUT2D eigenvalue weighted by Crippen LogP contribution is -2.29. The average molecular weight is 340 g/mol. The van der Waals surface area contributed by atoms with Gasteiger partial charge in [-0.05, 0) is 69.1 Å². The van der Waals surface area contributed by atoms with E-state index in [1.165, 1.54) is 26.4 Å². The Morgan fingerprint density at radius 2 is 2.17 bits per heavy atom. The van der Waals surface area contributed by atoms with Crippen molar-refractivity contribution in [2.45, 2.75) is 64.1 Å². The predicted octanol–water partition coefficient (Wildman–Crippen LogP) is 2.80. The molecule has 0 aromatic carbocycles. The molecule has 2 aliphatic carbocycles. The molecule has 0 aromatic rings. The molecule has 3 rings (SSSR count). The van der Waals surface area contributed by atoms with Crippen molar-refractivity contribution >= 4 is 5.97 Å². The maximum Gasteiger partial charge on any atom is 0.305 e. The van der Waals surface area contributed by atoms with E-state index < -0.39 is 6.29 Å². The van der Waals surface area contributed by atoms with Gasteiger partial charge in [0.1, 0.15) is 0 Å². The van der Waals surface area contributed by atoms with E-state index in [0.717, 1.165) is 50.5 Å². The van der Waals surface area contributed by atoms with E-state index in [1.807, 2.05) is 0 Å². The lowest BCUT2D eigenvalue weighted by molar-refractivity contribution is -0.140. The van der Waals surface area contributed by atoms with Gasteiger partial charge in [0.05, 0.1) is 7.11 Å². The number of hydrogen-bond donors (Lipinski definition) is 2. The SMILES string of the molecule is COC(=O)CCC/C=C1/C[C@@H]2C(CO)CCC12.OC1CCCCO1. The summed E-state index contributed by atoms with van der Waals surface area (Å²) in [5, 5.41) is 17.9. The van der Waals surface area contributed by atoms with Crippen molar-refractivity contribution in [1.29, 1.82) is 0 Å². The maximum absolute atomic E-state index is 10.9. The molecule has 5 heteroatoms. The molecule has 1 heterocycles. The Kier molecular flexibility index (Phi) is 8.22. The van der Waals surface area contributed by atoms with Gasteiger partial charge in [0.2, 0.25) is 0 Å². The number of hydrogen-bond acceptors (Lipinski definition) is 5. The summed E-state index contributed by atoms with van der Waals surface area (Å²) in [7, 11) is 1.44. The molecule has 2 N–H and O–H groups in total. The van der Waals surface area contributed by atoms with E-state index in [-0.39, 0.29) is 5.97 Å². The molecule has 1 aliphatic heterocycles. The van der Waals surface area contributed by atoms with E-state index in [1.54, 1.807) is 5.57 Å². The number of aliphatic hydroxyl groups is 2. The molecule has 0 bridgehead atoms. The summed E-state index contributed by atoms with van der Waals surface area (Å²) >= 11 is 0. The van der Waals surface area contributed by atoms with Gasteiger partial charge in [0.15, 0.2) is 6.29 Å². The molecular weight excluding hydrogens is 308 g/mol. The second-order valence-electron chi connectivity index (χ2n) is 7.06. The fourth-order valence-electron chi connectivity index (χ4n) is 4.00. The molecule has 138 valence electrons. The van der Waals surface area contributed by atoms with Crippen molar-refractivity contribution in [3.8, 4) is 0 Å². The lowest BCUT2D eigenvalue weighted by atomic mass is 9.68. The van der Waals surface area contributed by atoms with Gasteiger partial charge in [-0.2, -0.15) is 0 Å². The quantitative estimate of drug-likeness (QED) is 0.457. The number of rotatable bonds is 5. The highest BCUT2D eigenvalue weighted by Gasteiger charge is 2.44. The van der Waals surface area contributed by atoms with Gasteiger partial charge >= 0.3 is 5.97 Å². The van der Waals surface area contributed by atoms with Crippen molar-refractivity contribution in [2.75, 3.05) is 20.3 Å². The van der Waals surface area contributed by atoms with Crippen LogP contribution in [0.3, 0.4) is 0 Å². The van der Waals surface area contributed by atoms with Gasteiger partial charge in [-0.15, -0.1) is 0 Å². The molecule has 4 atom stereocenters. The second kappa shape index (κ2) is 10.2. The fraction of sp³-hybridized carbons (Fsp3) is 0.842. The predicted molar refractivity (Wildman–Crippen MR) is 91.2 cm³/mol. The van der Waals surface area contributed by atoms with Crippen LogP contribution in [0, 0.1) is 17.8 Å². The lowest BCUT2D eigenvalue weighted by Gasteiger charge is -2.37. The third-order valence-electron chi connectivity index (χ3n) is 5.53. The first-order valence-electron chi connectivity index (χ1n) is 9.32.